The summed E-state index contributed by atoms with van der Waals surface area (Å²) in [6, 6.07) is 9.25. The number of carbonyl (C=O) groups excluding carboxylic acids is 1. The number of nitrogens with zero attached hydrogens (tertiary/aromatic N) is 3. The third-order valence-corrected chi connectivity index (χ3v) is 5.20. The molecule has 0 spiro atoms. The number of carbonyl (C=O) groups is 1. The second kappa shape index (κ2) is 6.80. The maximum Gasteiger partial charge on any atom is 0.232 e. The molecule has 1 saturated heterocycles. The fraction of sp³-hybridized carbons (Fsp3) is 0.278. The Morgan fingerprint density at radius 1 is 1.27 bits per heavy atom. The zero-order chi connectivity index (χ0) is 18.1. The molecule has 7 nitrogen and oxygen atoms in total. The number of amides is 1. The van der Waals surface area contributed by atoms with Gasteiger partial charge in [0.05, 0.1) is 30.7 Å². The standard InChI is InChI=1S/C18H17N3O4S/c1-23-12-5-6-14(24-2)13(9-12)21-10-11(8-16(21)22)18-19-17(20-25-18)15-4-3-7-26-15/h3-7,9,11H,8,10H2,1-2H3. The summed E-state index contributed by atoms with van der Waals surface area (Å²) in [5, 5.41) is 6.00. The molecule has 134 valence electrons. The minimum atomic E-state index is -0.153. The Kier molecular flexibility index (Phi) is 4.34. The molecule has 3 aromatic rings. The van der Waals surface area contributed by atoms with Crippen molar-refractivity contribution in [3.05, 3.63) is 41.6 Å². The lowest BCUT2D eigenvalue weighted by Gasteiger charge is -2.20. The van der Waals surface area contributed by atoms with Crippen LogP contribution >= 0.6 is 11.3 Å². The number of aromatic nitrogens is 2. The molecular weight excluding hydrogens is 354 g/mol. The predicted molar refractivity (Wildman–Crippen MR) is 96.9 cm³/mol. The lowest BCUT2D eigenvalue weighted by atomic mass is 10.1. The first-order valence-electron chi connectivity index (χ1n) is 8.09. The summed E-state index contributed by atoms with van der Waals surface area (Å²) in [6.07, 6.45) is 0.312. The SMILES string of the molecule is COc1ccc(OC)c(N2CC(c3nc(-c4cccs4)no3)CC2=O)c1. The van der Waals surface area contributed by atoms with Crippen molar-refractivity contribution in [3.8, 4) is 22.2 Å². The molecule has 3 heterocycles. The van der Waals surface area contributed by atoms with E-state index >= 15 is 0 Å². The van der Waals surface area contributed by atoms with Gasteiger partial charge >= 0.3 is 0 Å². The first-order chi connectivity index (χ1) is 12.7. The van der Waals surface area contributed by atoms with Gasteiger partial charge in [0.15, 0.2) is 0 Å². The van der Waals surface area contributed by atoms with Gasteiger partial charge in [-0.05, 0) is 23.6 Å². The number of hydrogen-bond acceptors (Lipinski definition) is 7. The van der Waals surface area contributed by atoms with Crippen LogP contribution in [-0.2, 0) is 4.79 Å². The average molecular weight is 371 g/mol. The van der Waals surface area contributed by atoms with Crippen molar-refractivity contribution < 1.29 is 18.8 Å². The zero-order valence-electron chi connectivity index (χ0n) is 14.3. The van der Waals surface area contributed by atoms with Crippen molar-refractivity contribution in [1.82, 2.24) is 10.1 Å². The fourth-order valence-electron chi connectivity index (χ4n) is 3.02. The summed E-state index contributed by atoms with van der Waals surface area (Å²) in [5.41, 5.74) is 0.678. The lowest BCUT2D eigenvalue weighted by Crippen LogP contribution is -2.24. The van der Waals surface area contributed by atoms with Crippen LogP contribution in [0.5, 0.6) is 11.5 Å². The molecule has 1 fully saturated rings. The number of hydrogen-bond donors (Lipinski definition) is 0. The van der Waals surface area contributed by atoms with Crippen LogP contribution in [0.3, 0.4) is 0 Å². The number of rotatable bonds is 5. The van der Waals surface area contributed by atoms with Crippen molar-refractivity contribution in [2.75, 3.05) is 25.7 Å². The van der Waals surface area contributed by atoms with E-state index in [1.54, 1.807) is 48.7 Å². The smallest absolute Gasteiger partial charge is 0.232 e. The van der Waals surface area contributed by atoms with Gasteiger partial charge in [0, 0.05) is 19.0 Å². The van der Waals surface area contributed by atoms with E-state index in [1.807, 2.05) is 17.5 Å². The van der Waals surface area contributed by atoms with Gasteiger partial charge in [0.1, 0.15) is 11.5 Å². The highest BCUT2D eigenvalue weighted by atomic mass is 32.1. The van der Waals surface area contributed by atoms with Gasteiger partial charge in [0.25, 0.3) is 0 Å². The van der Waals surface area contributed by atoms with Crippen molar-refractivity contribution in [1.29, 1.82) is 0 Å². The summed E-state index contributed by atoms with van der Waals surface area (Å²) in [5.74, 6) is 2.14. The van der Waals surface area contributed by atoms with E-state index in [4.69, 9.17) is 14.0 Å². The highest BCUT2D eigenvalue weighted by Gasteiger charge is 2.36. The lowest BCUT2D eigenvalue weighted by molar-refractivity contribution is -0.117. The Bertz CT molecular complexity index is 922. The van der Waals surface area contributed by atoms with E-state index in [1.165, 1.54) is 0 Å². The third-order valence-electron chi connectivity index (χ3n) is 4.33. The van der Waals surface area contributed by atoms with Gasteiger partial charge in [-0.25, -0.2) is 0 Å². The summed E-state index contributed by atoms with van der Waals surface area (Å²) >= 11 is 1.55. The van der Waals surface area contributed by atoms with Crippen LogP contribution in [0.25, 0.3) is 10.7 Å². The molecule has 0 saturated carbocycles. The van der Waals surface area contributed by atoms with Gasteiger partial charge < -0.3 is 18.9 Å². The van der Waals surface area contributed by atoms with Gasteiger partial charge in [-0.15, -0.1) is 11.3 Å². The Morgan fingerprint density at radius 2 is 2.15 bits per heavy atom. The highest BCUT2D eigenvalue weighted by Crippen LogP contribution is 2.38. The van der Waals surface area contributed by atoms with Gasteiger partial charge in [0.2, 0.25) is 17.6 Å². The van der Waals surface area contributed by atoms with Crippen LogP contribution in [0.2, 0.25) is 0 Å². The first-order valence-corrected chi connectivity index (χ1v) is 8.97. The molecule has 1 aliphatic heterocycles. The molecule has 0 aliphatic carbocycles. The van der Waals surface area contributed by atoms with Gasteiger partial charge in [-0.3, -0.25) is 4.79 Å². The average Bonchev–Trinajstić information content (AvgIpc) is 3.40. The second-order valence-electron chi connectivity index (χ2n) is 5.88. The van der Waals surface area contributed by atoms with E-state index in [0.29, 0.717) is 41.9 Å². The molecule has 0 radical (unpaired) electrons. The zero-order valence-corrected chi connectivity index (χ0v) is 15.2. The highest BCUT2D eigenvalue weighted by molar-refractivity contribution is 7.13. The molecule has 2 aromatic heterocycles. The number of ether oxygens (including phenoxy) is 2. The van der Waals surface area contributed by atoms with Crippen molar-refractivity contribution >= 4 is 22.9 Å². The Hall–Kier alpha value is -2.87. The Morgan fingerprint density at radius 3 is 2.88 bits per heavy atom. The molecule has 1 amide bonds. The number of thiophene rings is 1. The van der Waals surface area contributed by atoms with Gasteiger partial charge in [-0.2, -0.15) is 4.98 Å². The summed E-state index contributed by atoms with van der Waals surface area (Å²) in [6.45, 7) is 0.453. The first kappa shape index (κ1) is 16.6. The maximum atomic E-state index is 12.6. The van der Waals surface area contributed by atoms with E-state index in [2.05, 4.69) is 10.1 Å². The molecule has 1 unspecified atom stereocenters. The monoisotopic (exact) mass is 371 g/mol. The van der Waals surface area contributed by atoms with Crippen LogP contribution in [0.4, 0.5) is 5.69 Å². The van der Waals surface area contributed by atoms with Crippen LogP contribution in [0, 0.1) is 0 Å². The largest absolute Gasteiger partial charge is 0.497 e. The van der Waals surface area contributed by atoms with E-state index in [9.17, 15) is 4.79 Å². The quantitative estimate of drug-likeness (QED) is 0.685. The van der Waals surface area contributed by atoms with E-state index in [-0.39, 0.29) is 11.8 Å². The molecule has 4 rings (SSSR count). The summed E-state index contributed by atoms with van der Waals surface area (Å²) in [4.78, 5) is 19.7. The molecule has 1 aromatic carbocycles. The van der Waals surface area contributed by atoms with Crippen molar-refractivity contribution in [3.63, 3.8) is 0 Å². The third kappa shape index (κ3) is 2.92. The van der Waals surface area contributed by atoms with Gasteiger partial charge in [-0.1, -0.05) is 11.2 Å². The van der Waals surface area contributed by atoms with Crippen LogP contribution in [0.1, 0.15) is 18.2 Å². The summed E-state index contributed by atoms with van der Waals surface area (Å²) < 4.78 is 16.1. The van der Waals surface area contributed by atoms with Crippen LogP contribution < -0.4 is 14.4 Å². The molecule has 26 heavy (non-hydrogen) atoms. The molecule has 0 N–H and O–H groups in total. The van der Waals surface area contributed by atoms with Crippen LogP contribution in [0.15, 0.2) is 40.2 Å². The molecule has 1 atom stereocenters. The summed E-state index contributed by atoms with van der Waals surface area (Å²) in [7, 11) is 3.17. The van der Waals surface area contributed by atoms with E-state index < -0.39 is 0 Å². The number of anilines is 1. The predicted octanol–water partition coefficient (Wildman–Crippen LogP) is 3.34. The molecule has 8 heteroatoms. The maximum absolute atomic E-state index is 12.6. The normalized spacial score (nSPS) is 16.9. The van der Waals surface area contributed by atoms with Crippen molar-refractivity contribution in [2.24, 2.45) is 0 Å². The molecule has 1 aliphatic rings. The fourth-order valence-corrected chi connectivity index (χ4v) is 3.67. The van der Waals surface area contributed by atoms with Crippen LogP contribution in [-0.4, -0.2) is 36.8 Å². The second-order valence-corrected chi connectivity index (χ2v) is 6.82. The number of benzene rings is 1. The minimum absolute atomic E-state index is 0.0163. The molecular formula is C18H17N3O4S. The Balaban J connectivity index is 1.60. The molecule has 0 bridgehead atoms. The van der Waals surface area contributed by atoms with Crippen molar-refractivity contribution in [2.45, 2.75) is 12.3 Å². The van der Waals surface area contributed by atoms with E-state index in [0.717, 1.165) is 4.88 Å². The topological polar surface area (TPSA) is 77.7 Å². The number of methoxy groups -OCH3 is 2. The minimum Gasteiger partial charge on any atom is -0.497 e. The Labute approximate surface area is 154 Å².